The van der Waals surface area contributed by atoms with Gasteiger partial charge in [-0.2, -0.15) is 0 Å². The molecule has 2 amide bonds. The van der Waals surface area contributed by atoms with Crippen LogP contribution in [0.4, 0.5) is 5.69 Å². The van der Waals surface area contributed by atoms with Gasteiger partial charge in [-0.15, -0.1) is 0 Å². The van der Waals surface area contributed by atoms with Gasteiger partial charge in [0.1, 0.15) is 0 Å². The van der Waals surface area contributed by atoms with E-state index in [9.17, 15) is 18.0 Å². The van der Waals surface area contributed by atoms with Crippen molar-refractivity contribution in [3.05, 3.63) is 22.2 Å². The Labute approximate surface area is 188 Å². The van der Waals surface area contributed by atoms with Gasteiger partial charge in [0.05, 0.1) is 16.3 Å². The van der Waals surface area contributed by atoms with Gasteiger partial charge in [-0.1, -0.05) is 56.0 Å². The standard InChI is InChI=1S/C22H33BrN2O4S/c1-4-7-8-16(5-2)15-24-20(26)10-12-30(28,29)19-14-18(23)13-17-9-11-25(22(17)19)21(27)6-3/h13-14,16H,4-12,15H2,1-3H3,(H,24,26)/t16-/m1/s1. The van der Waals surface area contributed by atoms with Crippen LogP contribution in [0.5, 0.6) is 0 Å². The summed E-state index contributed by atoms with van der Waals surface area (Å²) in [6.45, 7) is 7.08. The summed E-state index contributed by atoms with van der Waals surface area (Å²) in [5, 5.41) is 2.89. The molecule has 0 aromatic heterocycles. The summed E-state index contributed by atoms with van der Waals surface area (Å²) in [5.41, 5.74) is 1.33. The molecule has 0 radical (unpaired) electrons. The number of sulfone groups is 1. The number of unbranched alkanes of at least 4 members (excludes halogenated alkanes) is 1. The highest BCUT2D eigenvalue weighted by molar-refractivity contribution is 9.10. The van der Waals surface area contributed by atoms with Crippen molar-refractivity contribution in [3.63, 3.8) is 0 Å². The first kappa shape index (κ1) is 24.9. The predicted molar refractivity (Wildman–Crippen MR) is 123 cm³/mol. The number of carbonyl (C=O) groups excluding carboxylic acids is 2. The molecule has 6 nitrogen and oxygen atoms in total. The highest BCUT2D eigenvalue weighted by Crippen LogP contribution is 2.38. The van der Waals surface area contributed by atoms with Crippen molar-refractivity contribution >= 4 is 43.3 Å². The number of hydrogen-bond acceptors (Lipinski definition) is 4. The number of anilines is 1. The summed E-state index contributed by atoms with van der Waals surface area (Å²) in [4.78, 5) is 26.3. The van der Waals surface area contributed by atoms with Crippen molar-refractivity contribution in [2.45, 2.75) is 70.6 Å². The van der Waals surface area contributed by atoms with Crippen molar-refractivity contribution < 1.29 is 18.0 Å². The van der Waals surface area contributed by atoms with Gasteiger partial charge < -0.3 is 10.2 Å². The predicted octanol–water partition coefficient (Wildman–Crippen LogP) is 4.24. The molecule has 0 aliphatic carbocycles. The molecule has 8 heteroatoms. The second-order valence-corrected chi connectivity index (χ2v) is 10.8. The fourth-order valence-electron chi connectivity index (χ4n) is 3.77. The normalized spacial score (nSPS) is 14.5. The summed E-state index contributed by atoms with van der Waals surface area (Å²) >= 11 is 3.38. The number of carbonyl (C=O) groups is 2. The number of nitrogens with one attached hydrogen (secondary N) is 1. The minimum atomic E-state index is -3.72. The van der Waals surface area contributed by atoms with E-state index in [4.69, 9.17) is 0 Å². The number of hydrogen-bond donors (Lipinski definition) is 1. The zero-order valence-electron chi connectivity index (χ0n) is 18.2. The van der Waals surface area contributed by atoms with E-state index in [0.717, 1.165) is 31.2 Å². The molecule has 0 saturated carbocycles. The van der Waals surface area contributed by atoms with E-state index >= 15 is 0 Å². The fraction of sp³-hybridized carbons (Fsp3) is 0.636. The van der Waals surface area contributed by atoms with Gasteiger partial charge in [-0.25, -0.2) is 8.42 Å². The third-order valence-corrected chi connectivity index (χ3v) is 7.84. The number of benzene rings is 1. The van der Waals surface area contributed by atoms with Crippen LogP contribution in [0.1, 0.15) is 64.9 Å². The monoisotopic (exact) mass is 500 g/mol. The first-order chi connectivity index (χ1) is 14.2. The number of fused-ring (bicyclic) bond motifs is 1. The van der Waals surface area contributed by atoms with Crippen molar-refractivity contribution in [2.75, 3.05) is 23.7 Å². The van der Waals surface area contributed by atoms with E-state index in [2.05, 4.69) is 35.1 Å². The molecule has 30 heavy (non-hydrogen) atoms. The summed E-state index contributed by atoms with van der Waals surface area (Å²) < 4.78 is 26.9. The molecule has 1 atom stereocenters. The van der Waals surface area contributed by atoms with E-state index in [1.54, 1.807) is 17.9 Å². The Kier molecular flexibility index (Phi) is 9.34. The fourth-order valence-corrected chi connectivity index (χ4v) is 5.95. The van der Waals surface area contributed by atoms with Gasteiger partial charge in [0.15, 0.2) is 9.84 Å². The van der Waals surface area contributed by atoms with Crippen LogP contribution in [-0.2, 0) is 25.8 Å². The molecular formula is C22H33BrN2O4S. The minimum absolute atomic E-state index is 0.0877. The van der Waals surface area contributed by atoms with Gasteiger partial charge >= 0.3 is 0 Å². The van der Waals surface area contributed by atoms with Crippen LogP contribution in [0, 0.1) is 5.92 Å². The zero-order chi connectivity index (χ0) is 22.3. The lowest BCUT2D eigenvalue weighted by Crippen LogP contribution is -2.31. The van der Waals surface area contributed by atoms with Crippen LogP contribution in [0.15, 0.2) is 21.5 Å². The molecule has 1 aliphatic rings. The highest BCUT2D eigenvalue weighted by atomic mass is 79.9. The number of rotatable bonds is 11. The molecule has 1 heterocycles. The van der Waals surface area contributed by atoms with Crippen LogP contribution < -0.4 is 10.2 Å². The van der Waals surface area contributed by atoms with E-state index in [-0.39, 0.29) is 28.9 Å². The van der Waals surface area contributed by atoms with Gasteiger partial charge in [0.2, 0.25) is 11.8 Å². The molecule has 168 valence electrons. The SMILES string of the molecule is CCCC[C@@H](CC)CNC(=O)CCS(=O)(=O)c1cc(Br)cc2c1N(C(=O)CC)CC2. The Bertz CT molecular complexity index is 870. The second kappa shape index (κ2) is 11.3. The number of amides is 2. The molecule has 0 spiro atoms. The average molecular weight is 501 g/mol. The summed E-state index contributed by atoms with van der Waals surface area (Å²) in [5.74, 6) is -0.196. The number of nitrogens with zero attached hydrogens (tertiary/aromatic N) is 1. The van der Waals surface area contributed by atoms with Gasteiger partial charge in [0, 0.05) is 30.4 Å². The molecule has 1 N–H and O–H groups in total. The molecule has 0 saturated heterocycles. The molecule has 0 fully saturated rings. The molecular weight excluding hydrogens is 468 g/mol. The Balaban J connectivity index is 2.09. The maximum absolute atomic E-state index is 13.1. The highest BCUT2D eigenvalue weighted by Gasteiger charge is 2.32. The smallest absolute Gasteiger partial charge is 0.226 e. The van der Waals surface area contributed by atoms with Crippen LogP contribution in [0.3, 0.4) is 0 Å². The second-order valence-electron chi connectivity index (χ2n) is 7.85. The largest absolute Gasteiger partial charge is 0.356 e. The molecule has 1 aromatic rings. The third-order valence-electron chi connectivity index (χ3n) is 5.66. The van der Waals surface area contributed by atoms with Gasteiger partial charge in [0.25, 0.3) is 0 Å². The van der Waals surface area contributed by atoms with Crippen molar-refractivity contribution in [1.29, 1.82) is 0 Å². The molecule has 0 bridgehead atoms. The van der Waals surface area contributed by atoms with E-state index in [1.165, 1.54) is 0 Å². The maximum Gasteiger partial charge on any atom is 0.226 e. The van der Waals surface area contributed by atoms with Crippen LogP contribution in [0.25, 0.3) is 0 Å². The van der Waals surface area contributed by atoms with E-state index in [1.807, 2.05) is 6.07 Å². The minimum Gasteiger partial charge on any atom is -0.356 e. The summed E-state index contributed by atoms with van der Waals surface area (Å²) in [6.07, 6.45) is 5.16. The Morgan fingerprint density at radius 1 is 1.23 bits per heavy atom. The van der Waals surface area contributed by atoms with E-state index < -0.39 is 9.84 Å². The van der Waals surface area contributed by atoms with Crippen LogP contribution in [-0.4, -0.2) is 39.1 Å². The van der Waals surface area contributed by atoms with Crippen LogP contribution >= 0.6 is 15.9 Å². The quantitative estimate of drug-likeness (QED) is 0.492. The first-order valence-corrected chi connectivity index (χ1v) is 13.3. The zero-order valence-corrected chi connectivity index (χ0v) is 20.6. The van der Waals surface area contributed by atoms with E-state index in [0.29, 0.717) is 42.0 Å². The lowest BCUT2D eigenvalue weighted by atomic mass is 9.99. The maximum atomic E-state index is 13.1. The van der Waals surface area contributed by atoms with Gasteiger partial charge in [-0.3, -0.25) is 9.59 Å². The Hall–Kier alpha value is -1.41. The summed E-state index contributed by atoms with van der Waals surface area (Å²) in [6, 6.07) is 3.41. The van der Waals surface area contributed by atoms with Crippen molar-refractivity contribution in [3.8, 4) is 0 Å². The summed E-state index contributed by atoms with van der Waals surface area (Å²) in [7, 11) is -3.72. The van der Waals surface area contributed by atoms with Crippen LogP contribution in [0.2, 0.25) is 0 Å². The van der Waals surface area contributed by atoms with Crippen molar-refractivity contribution in [2.24, 2.45) is 5.92 Å². The number of halogens is 1. The topological polar surface area (TPSA) is 83.6 Å². The lowest BCUT2D eigenvalue weighted by Gasteiger charge is -2.20. The molecule has 1 aromatic carbocycles. The lowest BCUT2D eigenvalue weighted by molar-refractivity contribution is -0.121. The Morgan fingerprint density at radius 3 is 2.60 bits per heavy atom. The average Bonchev–Trinajstić information content (AvgIpc) is 3.14. The molecule has 1 aliphatic heterocycles. The van der Waals surface area contributed by atoms with Crippen molar-refractivity contribution in [1.82, 2.24) is 5.32 Å². The molecule has 2 rings (SSSR count). The third kappa shape index (κ3) is 6.30. The molecule has 0 unspecified atom stereocenters. The van der Waals surface area contributed by atoms with Gasteiger partial charge in [-0.05, 0) is 36.5 Å². The first-order valence-electron chi connectivity index (χ1n) is 10.9. The Morgan fingerprint density at radius 2 is 1.97 bits per heavy atom.